The van der Waals surface area contributed by atoms with Gasteiger partial charge in [-0.1, -0.05) is 6.92 Å². The number of piperazine rings is 1. The lowest BCUT2D eigenvalue weighted by Gasteiger charge is -2.35. The van der Waals surface area contributed by atoms with Crippen LogP contribution < -0.4 is 4.90 Å². The van der Waals surface area contributed by atoms with E-state index in [2.05, 4.69) is 26.7 Å². The number of likely N-dealkylation sites (N-methyl/N-ethyl adjacent to an activating group) is 1. The maximum atomic E-state index is 12.8. The van der Waals surface area contributed by atoms with Gasteiger partial charge in [-0.25, -0.2) is 18.4 Å². The summed E-state index contributed by atoms with van der Waals surface area (Å²) in [6.07, 6.45) is 0.487. The lowest BCUT2D eigenvalue weighted by Crippen LogP contribution is -2.46. The molecule has 0 spiro atoms. The Hall–Kier alpha value is -1.74. The van der Waals surface area contributed by atoms with Crippen molar-refractivity contribution in [2.75, 3.05) is 56.2 Å². The lowest BCUT2D eigenvalue weighted by atomic mass is 10.2. The fourth-order valence-electron chi connectivity index (χ4n) is 3.54. The van der Waals surface area contributed by atoms with Gasteiger partial charge in [0.25, 0.3) is 5.91 Å². The van der Waals surface area contributed by atoms with Crippen molar-refractivity contribution in [2.24, 2.45) is 0 Å². The first-order valence-corrected chi connectivity index (χ1v) is 10.9. The van der Waals surface area contributed by atoms with Crippen LogP contribution >= 0.6 is 0 Å². The SMILES string of the molecule is CCN1CCN(c2cc(C(=O)N(C)C3CCS(=O)(=O)C3)nc(C)n2)CC1. The monoisotopic (exact) mass is 381 g/mol. The highest BCUT2D eigenvalue weighted by molar-refractivity contribution is 7.91. The van der Waals surface area contributed by atoms with Crippen LogP contribution in [0.5, 0.6) is 0 Å². The molecule has 0 aliphatic carbocycles. The Labute approximate surface area is 155 Å². The van der Waals surface area contributed by atoms with E-state index < -0.39 is 9.84 Å². The standard InChI is InChI=1S/C17H27N5O3S/c1-4-21-6-8-22(9-7-21)16-11-15(18-13(2)19-16)17(23)20(3)14-5-10-26(24,25)12-14/h11,14H,4-10,12H2,1-3H3. The van der Waals surface area contributed by atoms with Gasteiger partial charge in [0.15, 0.2) is 9.84 Å². The van der Waals surface area contributed by atoms with Gasteiger partial charge in [0.2, 0.25) is 0 Å². The fourth-order valence-corrected chi connectivity index (χ4v) is 5.32. The zero-order valence-electron chi connectivity index (χ0n) is 15.7. The molecule has 144 valence electrons. The van der Waals surface area contributed by atoms with E-state index in [1.54, 1.807) is 20.0 Å². The second-order valence-electron chi connectivity index (χ2n) is 7.05. The van der Waals surface area contributed by atoms with Crippen LogP contribution in [0.15, 0.2) is 6.07 Å². The summed E-state index contributed by atoms with van der Waals surface area (Å²) in [6, 6.07) is 1.45. The lowest BCUT2D eigenvalue weighted by molar-refractivity contribution is 0.0741. The van der Waals surface area contributed by atoms with Gasteiger partial charge >= 0.3 is 0 Å². The molecule has 2 saturated heterocycles. The molecular formula is C17H27N5O3S. The minimum Gasteiger partial charge on any atom is -0.354 e. The minimum absolute atomic E-state index is 0.0329. The molecule has 0 saturated carbocycles. The third-order valence-electron chi connectivity index (χ3n) is 5.26. The Balaban J connectivity index is 1.76. The van der Waals surface area contributed by atoms with Crippen LogP contribution in [-0.4, -0.2) is 91.4 Å². The Kier molecular flexibility index (Phi) is 5.47. The second kappa shape index (κ2) is 7.48. The minimum atomic E-state index is -3.04. The molecule has 1 atom stereocenters. The molecule has 1 amide bonds. The number of hydrogen-bond acceptors (Lipinski definition) is 7. The van der Waals surface area contributed by atoms with Crippen molar-refractivity contribution in [3.05, 3.63) is 17.6 Å². The summed E-state index contributed by atoms with van der Waals surface area (Å²) in [5.74, 6) is 1.25. The fraction of sp³-hybridized carbons (Fsp3) is 0.706. The predicted molar refractivity (Wildman–Crippen MR) is 100 cm³/mol. The smallest absolute Gasteiger partial charge is 0.272 e. The molecule has 3 heterocycles. The first-order chi connectivity index (χ1) is 12.3. The molecule has 26 heavy (non-hydrogen) atoms. The number of nitrogens with zero attached hydrogens (tertiary/aromatic N) is 5. The Morgan fingerprint density at radius 1 is 1.27 bits per heavy atom. The highest BCUT2D eigenvalue weighted by atomic mass is 32.2. The van der Waals surface area contributed by atoms with Crippen LogP contribution in [0.3, 0.4) is 0 Å². The summed E-state index contributed by atoms with van der Waals surface area (Å²) in [4.78, 5) is 27.7. The molecule has 0 aromatic carbocycles. The molecular weight excluding hydrogens is 354 g/mol. The molecule has 8 nitrogen and oxygen atoms in total. The van der Waals surface area contributed by atoms with Crippen LogP contribution in [-0.2, 0) is 9.84 Å². The van der Waals surface area contributed by atoms with E-state index in [4.69, 9.17) is 0 Å². The first-order valence-electron chi connectivity index (χ1n) is 9.09. The molecule has 0 bridgehead atoms. The van der Waals surface area contributed by atoms with Gasteiger partial charge in [-0.15, -0.1) is 0 Å². The number of aryl methyl sites for hydroxylation is 1. The topological polar surface area (TPSA) is 86.7 Å². The quantitative estimate of drug-likeness (QED) is 0.736. The van der Waals surface area contributed by atoms with Crippen LogP contribution in [0.1, 0.15) is 29.7 Å². The van der Waals surface area contributed by atoms with Gasteiger partial charge in [-0.05, 0) is 19.9 Å². The Morgan fingerprint density at radius 2 is 1.96 bits per heavy atom. The van der Waals surface area contributed by atoms with Crippen molar-refractivity contribution in [1.82, 2.24) is 19.8 Å². The number of sulfone groups is 1. The van der Waals surface area contributed by atoms with Gasteiger partial charge in [0.1, 0.15) is 17.3 Å². The Morgan fingerprint density at radius 3 is 2.54 bits per heavy atom. The molecule has 2 aliphatic heterocycles. The van der Waals surface area contributed by atoms with Crippen molar-refractivity contribution >= 4 is 21.6 Å². The number of carbonyl (C=O) groups excluding carboxylic acids is 1. The molecule has 2 fully saturated rings. The van der Waals surface area contributed by atoms with Crippen molar-refractivity contribution in [2.45, 2.75) is 26.3 Å². The van der Waals surface area contributed by atoms with Crippen LogP contribution in [0.25, 0.3) is 0 Å². The molecule has 0 N–H and O–H groups in total. The predicted octanol–water partition coefficient (Wildman–Crippen LogP) is 0.186. The van der Waals surface area contributed by atoms with E-state index in [0.29, 0.717) is 17.9 Å². The number of hydrogen-bond donors (Lipinski definition) is 0. The number of aromatic nitrogens is 2. The number of carbonyl (C=O) groups is 1. The van der Waals surface area contributed by atoms with Gasteiger partial charge in [0, 0.05) is 45.3 Å². The van der Waals surface area contributed by atoms with Crippen LogP contribution in [0.2, 0.25) is 0 Å². The summed E-state index contributed by atoms with van der Waals surface area (Å²) >= 11 is 0. The zero-order valence-corrected chi connectivity index (χ0v) is 16.5. The van der Waals surface area contributed by atoms with Crippen molar-refractivity contribution in [3.63, 3.8) is 0 Å². The van der Waals surface area contributed by atoms with E-state index >= 15 is 0 Å². The van der Waals surface area contributed by atoms with E-state index in [9.17, 15) is 13.2 Å². The molecule has 1 aromatic heterocycles. The van der Waals surface area contributed by atoms with Crippen LogP contribution in [0, 0.1) is 6.92 Å². The van der Waals surface area contributed by atoms with Crippen molar-refractivity contribution in [3.8, 4) is 0 Å². The highest BCUT2D eigenvalue weighted by Crippen LogP contribution is 2.20. The summed E-state index contributed by atoms with van der Waals surface area (Å²) in [6.45, 7) is 8.66. The molecule has 1 unspecified atom stereocenters. The third kappa shape index (κ3) is 4.15. The third-order valence-corrected chi connectivity index (χ3v) is 7.01. The van der Waals surface area contributed by atoms with Gasteiger partial charge < -0.3 is 14.7 Å². The molecule has 9 heteroatoms. The molecule has 2 aliphatic rings. The number of rotatable bonds is 4. The summed E-state index contributed by atoms with van der Waals surface area (Å²) in [5.41, 5.74) is 0.331. The molecule has 3 rings (SSSR count). The summed E-state index contributed by atoms with van der Waals surface area (Å²) in [5, 5.41) is 0. The molecule has 0 radical (unpaired) electrons. The highest BCUT2D eigenvalue weighted by Gasteiger charge is 2.33. The number of anilines is 1. The van der Waals surface area contributed by atoms with E-state index in [1.807, 2.05) is 0 Å². The number of amides is 1. The largest absolute Gasteiger partial charge is 0.354 e. The van der Waals surface area contributed by atoms with Crippen molar-refractivity contribution in [1.29, 1.82) is 0 Å². The maximum absolute atomic E-state index is 12.8. The second-order valence-corrected chi connectivity index (χ2v) is 9.28. The first kappa shape index (κ1) is 19.0. The normalized spacial score (nSPS) is 23.2. The van der Waals surface area contributed by atoms with Crippen LogP contribution in [0.4, 0.5) is 5.82 Å². The van der Waals surface area contributed by atoms with Gasteiger partial charge in [0.05, 0.1) is 11.5 Å². The zero-order chi connectivity index (χ0) is 18.9. The summed E-state index contributed by atoms with van der Waals surface area (Å²) < 4.78 is 23.4. The van der Waals surface area contributed by atoms with E-state index in [-0.39, 0.29) is 23.5 Å². The Bertz CT molecular complexity index is 775. The van der Waals surface area contributed by atoms with E-state index in [0.717, 1.165) is 38.5 Å². The average molecular weight is 382 g/mol. The molecule has 1 aromatic rings. The maximum Gasteiger partial charge on any atom is 0.272 e. The van der Waals surface area contributed by atoms with E-state index in [1.165, 1.54) is 4.90 Å². The average Bonchev–Trinajstić information content (AvgIpc) is 3.00. The summed E-state index contributed by atoms with van der Waals surface area (Å²) in [7, 11) is -1.38. The van der Waals surface area contributed by atoms with Gasteiger partial charge in [-0.3, -0.25) is 4.79 Å². The van der Waals surface area contributed by atoms with Crippen molar-refractivity contribution < 1.29 is 13.2 Å². The van der Waals surface area contributed by atoms with Gasteiger partial charge in [-0.2, -0.15) is 0 Å².